The van der Waals surface area contributed by atoms with E-state index in [0.717, 1.165) is 11.1 Å². The van der Waals surface area contributed by atoms with Gasteiger partial charge in [0.15, 0.2) is 0 Å². The highest BCUT2D eigenvalue weighted by Gasteiger charge is 2.33. The van der Waals surface area contributed by atoms with Crippen LogP contribution in [0.15, 0.2) is 66.7 Å². The highest BCUT2D eigenvalue weighted by atomic mass is 35.5. The van der Waals surface area contributed by atoms with Crippen molar-refractivity contribution in [3.8, 4) is 11.5 Å². The molecule has 0 saturated heterocycles. The molecule has 228 valence electrons. The van der Waals surface area contributed by atoms with E-state index in [9.17, 15) is 24.4 Å². The molecule has 1 aromatic heterocycles. The van der Waals surface area contributed by atoms with Crippen molar-refractivity contribution in [3.05, 3.63) is 88.7 Å². The van der Waals surface area contributed by atoms with E-state index in [4.69, 9.17) is 21.1 Å². The Hall–Kier alpha value is -4.13. The summed E-state index contributed by atoms with van der Waals surface area (Å²) in [5.74, 6) is -2.01. The number of halogens is 1. The van der Waals surface area contributed by atoms with Crippen LogP contribution in [0.3, 0.4) is 0 Å². The molecular weight excluding hydrogens is 575 g/mol. The fourth-order valence-corrected chi connectivity index (χ4v) is 4.45. The lowest BCUT2D eigenvalue weighted by Crippen LogP contribution is -2.59. The molecule has 0 aliphatic heterocycles. The van der Waals surface area contributed by atoms with Crippen LogP contribution in [0.25, 0.3) is 0 Å². The molecule has 0 saturated carbocycles. The Morgan fingerprint density at radius 2 is 1.37 bits per heavy atom. The third-order valence-electron chi connectivity index (χ3n) is 6.72. The number of benzene rings is 2. The van der Waals surface area contributed by atoms with Crippen molar-refractivity contribution in [2.24, 2.45) is 5.92 Å². The fourth-order valence-electron chi connectivity index (χ4n) is 4.28. The maximum atomic E-state index is 13.6. The van der Waals surface area contributed by atoms with E-state index in [1.807, 2.05) is 0 Å². The molecule has 1 heterocycles. The number of hydrogen-bond donors (Lipinski definition) is 5. The van der Waals surface area contributed by atoms with Gasteiger partial charge in [0, 0.05) is 6.42 Å². The first kappa shape index (κ1) is 33.4. The Morgan fingerprint density at radius 1 is 0.814 bits per heavy atom. The van der Waals surface area contributed by atoms with Gasteiger partial charge in [-0.2, -0.15) is 0 Å². The number of hydrogen-bond acceptors (Lipinski definition) is 8. The molecule has 43 heavy (non-hydrogen) atoms. The number of aromatic nitrogens is 1. The lowest BCUT2D eigenvalue weighted by atomic mass is 9.75. The summed E-state index contributed by atoms with van der Waals surface area (Å²) in [5, 5.41) is 28.2. The van der Waals surface area contributed by atoms with Gasteiger partial charge in [-0.15, -0.1) is 0 Å². The SMILES string of the molecule is COc1ccc(C[C@H](NC(=O)[C@@H](NC(=O)[C@H](Cc2ccc(OC)cc2)NC(=O)c2cccc(Cl)n2)C(C)C)B(O)O)cc1. The number of pyridine rings is 1. The van der Waals surface area contributed by atoms with E-state index in [1.54, 1.807) is 68.4 Å². The summed E-state index contributed by atoms with van der Waals surface area (Å²) < 4.78 is 10.4. The Morgan fingerprint density at radius 3 is 1.86 bits per heavy atom. The number of ether oxygens (including phenoxy) is 2. The summed E-state index contributed by atoms with van der Waals surface area (Å²) in [5.41, 5.74) is 1.49. The van der Waals surface area contributed by atoms with E-state index >= 15 is 0 Å². The zero-order valence-corrected chi connectivity index (χ0v) is 25.2. The molecule has 3 rings (SSSR count). The van der Waals surface area contributed by atoms with Crippen LogP contribution in [-0.4, -0.2) is 72.1 Å². The maximum absolute atomic E-state index is 13.6. The normalized spacial score (nSPS) is 12.9. The number of nitrogens with one attached hydrogen (secondary N) is 3. The highest BCUT2D eigenvalue weighted by Crippen LogP contribution is 2.15. The molecule has 0 fully saturated rings. The topological polar surface area (TPSA) is 159 Å². The second kappa shape index (κ2) is 15.9. The highest BCUT2D eigenvalue weighted by molar-refractivity contribution is 6.43. The van der Waals surface area contributed by atoms with Crippen LogP contribution in [-0.2, 0) is 22.4 Å². The van der Waals surface area contributed by atoms with Crippen molar-refractivity contribution in [2.45, 2.75) is 44.7 Å². The lowest BCUT2D eigenvalue weighted by Gasteiger charge is -2.27. The molecule has 5 N–H and O–H groups in total. The monoisotopic (exact) mass is 610 g/mol. The Kier molecular flexibility index (Phi) is 12.4. The van der Waals surface area contributed by atoms with Crippen LogP contribution in [0.1, 0.15) is 35.5 Å². The predicted octanol–water partition coefficient (Wildman–Crippen LogP) is 1.97. The van der Waals surface area contributed by atoms with Gasteiger partial charge in [-0.25, -0.2) is 4.98 Å². The van der Waals surface area contributed by atoms with E-state index in [2.05, 4.69) is 20.9 Å². The number of nitrogens with zero attached hydrogens (tertiary/aromatic N) is 1. The number of amides is 3. The van der Waals surface area contributed by atoms with Gasteiger partial charge in [0.1, 0.15) is 34.4 Å². The quantitative estimate of drug-likeness (QED) is 0.137. The zero-order valence-electron chi connectivity index (χ0n) is 24.4. The third kappa shape index (κ3) is 9.98. The van der Waals surface area contributed by atoms with Crippen LogP contribution >= 0.6 is 11.6 Å². The van der Waals surface area contributed by atoms with E-state index < -0.39 is 42.9 Å². The first-order valence-electron chi connectivity index (χ1n) is 13.7. The van der Waals surface area contributed by atoms with Crippen molar-refractivity contribution in [2.75, 3.05) is 14.2 Å². The van der Waals surface area contributed by atoms with Crippen molar-refractivity contribution in [1.29, 1.82) is 0 Å². The Labute approximate surface area is 256 Å². The molecule has 3 amide bonds. The Bertz CT molecular complexity index is 1370. The summed E-state index contributed by atoms with van der Waals surface area (Å²) in [7, 11) is 1.22. The molecule has 0 unspecified atom stereocenters. The van der Waals surface area contributed by atoms with Crippen LogP contribution in [0, 0.1) is 5.92 Å². The molecule has 0 aliphatic carbocycles. The van der Waals surface area contributed by atoms with Crippen LogP contribution < -0.4 is 25.4 Å². The van der Waals surface area contributed by atoms with Gasteiger partial charge in [0.2, 0.25) is 11.8 Å². The summed E-state index contributed by atoms with van der Waals surface area (Å²) in [6, 6.07) is 16.4. The molecule has 0 bridgehead atoms. The number of methoxy groups -OCH3 is 2. The second-order valence-electron chi connectivity index (χ2n) is 10.2. The summed E-state index contributed by atoms with van der Waals surface area (Å²) in [6.45, 7) is 3.48. The minimum Gasteiger partial charge on any atom is -0.497 e. The van der Waals surface area contributed by atoms with Crippen molar-refractivity contribution >= 4 is 36.4 Å². The van der Waals surface area contributed by atoms with E-state index in [1.165, 1.54) is 26.4 Å². The summed E-state index contributed by atoms with van der Waals surface area (Å²) in [6.07, 6.45) is 0.221. The van der Waals surface area contributed by atoms with E-state index in [0.29, 0.717) is 11.5 Å². The number of carbonyl (C=O) groups excluding carboxylic acids is 3. The Balaban J connectivity index is 1.78. The van der Waals surface area contributed by atoms with Crippen LogP contribution in [0.4, 0.5) is 0 Å². The molecule has 0 radical (unpaired) electrons. The van der Waals surface area contributed by atoms with Crippen molar-refractivity contribution < 1.29 is 33.9 Å². The number of rotatable bonds is 14. The summed E-state index contributed by atoms with van der Waals surface area (Å²) >= 11 is 5.95. The molecule has 11 nitrogen and oxygen atoms in total. The molecule has 3 atom stereocenters. The molecule has 0 spiro atoms. The minimum absolute atomic E-state index is 0.0245. The molecule has 0 aliphatic rings. The van der Waals surface area contributed by atoms with Gasteiger partial charge in [-0.3, -0.25) is 14.4 Å². The third-order valence-corrected chi connectivity index (χ3v) is 6.93. The molecular formula is C30H36BClN4O7. The first-order valence-corrected chi connectivity index (χ1v) is 14.0. The van der Waals surface area contributed by atoms with Crippen LogP contribution in [0.2, 0.25) is 5.15 Å². The lowest BCUT2D eigenvalue weighted by molar-refractivity contribution is -0.131. The average molecular weight is 611 g/mol. The molecule has 2 aromatic carbocycles. The number of carbonyl (C=O) groups is 3. The van der Waals surface area contributed by atoms with Gasteiger partial charge in [0.05, 0.1) is 20.2 Å². The minimum atomic E-state index is -1.86. The van der Waals surface area contributed by atoms with Crippen molar-refractivity contribution in [3.63, 3.8) is 0 Å². The average Bonchev–Trinajstić information content (AvgIpc) is 2.99. The standard InChI is InChI=1S/C30H36BClN4O7/c1-18(2)27(30(39)35-25(31(40)41)17-20-10-14-22(43-4)15-11-20)36-29(38)24(16-19-8-12-21(42-3)13-9-19)34-28(37)23-6-5-7-26(32)33-23/h5-15,18,24-25,27,40-41H,16-17H2,1-4H3,(H,34,37)(H,35,39)(H,36,38)/t24-,25-,27-/m0/s1. The van der Waals surface area contributed by atoms with Gasteiger partial charge in [-0.1, -0.05) is 55.8 Å². The zero-order chi connectivity index (χ0) is 31.5. The fraction of sp³-hybridized carbons (Fsp3) is 0.333. The molecule has 3 aromatic rings. The van der Waals surface area contributed by atoms with Gasteiger partial charge < -0.3 is 35.5 Å². The summed E-state index contributed by atoms with van der Waals surface area (Å²) in [4.78, 5) is 44.0. The predicted molar refractivity (Wildman–Crippen MR) is 163 cm³/mol. The van der Waals surface area contributed by atoms with Gasteiger partial charge in [0.25, 0.3) is 5.91 Å². The van der Waals surface area contributed by atoms with Crippen LogP contribution in [0.5, 0.6) is 11.5 Å². The smallest absolute Gasteiger partial charge is 0.475 e. The molecule has 13 heteroatoms. The van der Waals surface area contributed by atoms with Gasteiger partial charge >= 0.3 is 7.12 Å². The second-order valence-corrected chi connectivity index (χ2v) is 10.6. The largest absolute Gasteiger partial charge is 0.497 e. The maximum Gasteiger partial charge on any atom is 0.475 e. The van der Waals surface area contributed by atoms with Gasteiger partial charge in [-0.05, 0) is 59.9 Å². The van der Waals surface area contributed by atoms with E-state index in [-0.39, 0.29) is 29.6 Å². The first-order chi connectivity index (χ1) is 20.5. The van der Waals surface area contributed by atoms with Crippen molar-refractivity contribution in [1.82, 2.24) is 20.9 Å².